The van der Waals surface area contributed by atoms with Gasteiger partial charge in [-0.2, -0.15) is 4.98 Å². The number of nitrogens with zero attached hydrogens (tertiary/aromatic N) is 3. The van der Waals surface area contributed by atoms with E-state index in [9.17, 15) is 0 Å². The molecule has 1 aliphatic rings. The first-order chi connectivity index (χ1) is 10.3. The van der Waals surface area contributed by atoms with E-state index in [1.165, 1.54) is 11.1 Å². The molecule has 1 aromatic carbocycles. The first-order valence-electron chi connectivity index (χ1n) is 6.90. The van der Waals surface area contributed by atoms with Gasteiger partial charge < -0.3 is 10.6 Å². The number of pyridine rings is 1. The molecule has 106 valence electrons. The molecule has 0 fully saturated rings. The van der Waals surface area contributed by atoms with Gasteiger partial charge in [0.15, 0.2) is 5.65 Å². The fraction of sp³-hybridized carbons (Fsp3) is 0.200. The van der Waals surface area contributed by atoms with Crippen LogP contribution in [0.4, 0.5) is 11.6 Å². The lowest BCUT2D eigenvalue weighted by molar-refractivity contribution is 0.645. The van der Waals surface area contributed by atoms with Gasteiger partial charge in [-0.05, 0) is 42.3 Å². The third-order valence-electron chi connectivity index (χ3n) is 3.68. The minimum absolute atomic E-state index is 0.587. The molecule has 0 spiro atoms. The van der Waals surface area contributed by atoms with Gasteiger partial charge >= 0.3 is 0 Å². The van der Waals surface area contributed by atoms with Crippen LogP contribution in [0.1, 0.15) is 11.1 Å². The van der Waals surface area contributed by atoms with Gasteiger partial charge in [-0.25, -0.2) is 4.52 Å². The van der Waals surface area contributed by atoms with E-state index in [0.717, 1.165) is 30.8 Å². The lowest BCUT2D eigenvalue weighted by Gasteiger charge is -2.20. The molecule has 3 heterocycles. The minimum Gasteiger partial charge on any atom is -0.323 e. The third-order valence-corrected chi connectivity index (χ3v) is 3.91. The number of anilines is 2. The summed E-state index contributed by atoms with van der Waals surface area (Å²) in [5, 5.41) is 11.8. The molecule has 2 aromatic heterocycles. The minimum atomic E-state index is 0.587. The van der Waals surface area contributed by atoms with E-state index in [2.05, 4.69) is 38.9 Å². The van der Waals surface area contributed by atoms with Crippen LogP contribution in [0.25, 0.3) is 5.65 Å². The second-order valence-electron chi connectivity index (χ2n) is 5.08. The highest BCUT2D eigenvalue weighted by atomic mass is 35.5. The molecule has 6 heteroatoms. The maximum Gasteiger partial charge on any atom is 0.247 e. The summed E-state index contributed by atoms with van der Waals surface area (Å²) in [7, 11) is 0. The van der Waals surface area contributed by atoms with Crippen molar-refractivity contribution < 1.29 is 0 Å². The lowest BCUT2D eigenvalue weighted by atomic mass is 9.99. The molecule has 21 heavy (non-hydrogen) atoms. The van der Waals surface area contributed by atoms with Gasteiger partial charge in [0.05, 0.1) is 5.02 Å². The second-order valence-corrected chi connectivity index (χ2v) is 5.52. The van der Waals surface area contributed by atoms with Gasteiger partial charge in [0.1, 0.15) is 0 Å². The van der Waals surface area contributed by atoms with Crippen LogP contribution in [-0.4, -0.2) is 21.1 Å². The number of fused-ring (bicyclic) bond motifs is 2. The van der Waals surface area contributed by atoms with Crippen molar-refractivity contribution in [3.63, 3.8) is 0 Å². The van der Waals surface area contributed by atoms with E-state index in [0.29, 0.717) is 11.0 Å². The monoisotopic (exact) mass is 299 g/mol. The summed E-state index contributed by atoms with van der Waals surface area (Å²) >= 11 is 5.97. The molecule has 2 N–H and O–H groups in total. The van der Waals surface area contributed by atoms with Crippen LogP contribution < -0.4 is 10.6 Å². The van der Waals surface area contributed by atoms with Crippen LogP contribution >= 0.6 is 11.6 Å². The molecule has 0 saturated carbocycles. The van der Waals surface area contributed by atoms with Crippen molar-refractivity contribution in [1.29, 1.82) is 0 Å². The zero-order valence-electron chi connectivity index (χ0n) is 11.3. The van der Waals surface area contributed by atoms with Gasteiger partial charge in [-0.3, -0.25) is 0 Å². The largest absolute Gasteiger partial charge is 0.323 e. The van der Waals surface area contributed by atoms with Crippen LogP contribution in [0.5, 0.6) is 0 Å². The Hall–Kier alpha value is -2.11. The molecule has 5 nitrogen and oxygen atoms in total. The van der Waals surface area contributed by atoms with Gasteiger partial charge in [-0.15, -0.1) is 5.10 Å². The van der Waals surface area contributed by atoms with Crippen molar-refractivity contribution in [2.24, 2.45) is 0 Å². The predicted molar refractivity (Wildman–Crippen MR) is 83.1 cm³/mol. The number of benzene rings is 1. The van der Waals surface area contributed by atoms with E-state index < -0.39 is 0 Å². The SMILES string of the molecule is Clc1ccc2nc(Nc3cccc4c3CCNC4)nn2c1. The molecule has 3 aromatic rings. The number of halogens is 1. The molecule has 4 rings (SSSR count). The number of nitrogens with one attached hydrogen (secondary N) is 2. The van der Waals surface area contributed by atoms with Crippen molar-refractivity contribution in [2.45, 2.75) is 13.0 Å². The lowest BCUT2D eigenvalue weighted by Crippen LogP contribution is -2.24. The van der Waals surface area contributed by atoms with Gasteiger partial charge in [0.25, 0.3) is 0 Å². The van der Waals surface area contributed by atoms with Crippen molar-refractivity contribution >= 4 is 28.9 Å². The van der Waals surface area contributed by atoms with Crippen LogP contribution in [0.15, 0.2) is 36.5 Å². The molecule has 0 bridgehead atoms. The highest BCUT2D eigenvalue weighted by molar-refractivity contribution is 6.30. The van der Waals surface area contributed by atoms with Crippen LogP contribution in [0.3, 0.4) is 0 Å². The maximum atomic E-state index is 5.97. The predicted octanol–water partition coefficient (Wildman–Crippen LogP) is 2.77. The Morgan fingerprint density at radius 1 is 1.24 bits per heavy atom. The molecule has 1 aliphatic heterocycles. The van der Waals surface area contributed by atoms with Crippen molar-refractivity contribution in [3.8, 4) is 0 Å². The van der Waals surface area contributed by atoms with E-state index in [1.807, 2.05) is 12.1 Å². The molecular weight excluding hydrogens is 286 g/mol. The number of hydrogen-bond acceptors (Lipinski definition) is 4. The van der Waals surface area contributed by atoms with E-state index in [-0.39, 0.29) is 0 Å². The molecule has 0 saturated heterocycles. The number of aromatic nitrogens is 3. The fourth-order valence-electron chi connectivity index (χ4n) is 2.68. The highest BCUT2D eigenvalue weighted by Crippen LogP contribution is 2.25. The Morgan fingerprint density at radius 3 is 3.14 bits per heavy atom. The summed E-state index contributed by atoms with van der Waals surface area (Å²) in [5.74, 6) is 0.587. The highest BCUT2D eigenvalue weighted by Gasteiger charge is 2.13. The van der Waals surface area contributed by atoms with Gasteiger partial charge in [0.2, 0.25) is 5.95 Å². The standard InChI is InChI=1S/C15H14ClN5/c16-11-4-5-14-19-15(20-21(14)9-11)18-13-3-1-2-10-8-17-7-6-12(10)13/h1-5,9,17H,6-8H2,(H,18,20). The molecule has 0 amide bonds. The Labute approximate surface area is 127 Å². The molecule has 0 atom stereocenters. The fourth-order valence-corrected chi connectivity index (χ4v) is 2.84. The Bertz CT molecular complexity index is 811. The van der Waals surface area contributed by atoms with Crippen LogP contribution in [-0.2, 0) is 13.0 Å². The zero-order chi connectivity index (χ0) is 14.2. The van der Waals surface area contributed by atoms with Crippen LogP contribution in [0.2, 0.25) is 5.02 Å². The molecule has 0 unspecified atom stereocenters. The number of rotatable bonds is 2. The molecule has 0 radical (unpaired) electrons. The van der Waals surface area contributed by atoms with E-state index in [4.69, 9.17) is 11.6 Å². The van der Waals surface area contributed by atoms with Crippen molar-refractivity contribution in [2.75, 3.05) is 11.9 Å². The first kappa shape index (κ1) is 12.6. The average Bonchev–Trinajstić information content (AvgIpc) is 2.89. The van der Waals surface area contributed by atoms with Gasteiger partial charge in [-0.1, -0.05) is 23.7 Å². The first-order valence-corrected chi connectivity index (χ1v) is 7.28. The third kappa shape index (κ3) is 2.34. The molecule has 0 aliphatic carbocycles. The maximum absolute atomic E-state index is 5.97. The normalized spacial score (nSPS) is 14.1. The summed E-state index contributed by atoms with van der Waals surface area (Å²) in [6.45, 7) is 1.92. The molecular formula is C15H14ClN5. The Balaban J connectivity index is 1.71. The summed E-state index contributed by atoms with van der Waals surface area (Å²) in [6, 6.07) is 9.95. The Morgan fingerprint density at radius 2 is 2.19 bits per heavy atom. The second kappa shape index (κ2) is 5.02. The van der Waals surface area contributed by atoms with E-state index >= 15 is 0 Å². The smallest absolute Gasteiger partial charge is 0.247 e. The van der Waals surface area contributed by atoms with Crippen molar-refractivity contribution in [1.82, 2.24) is 19.9 Å². The zero-order valence-corrected chi connectivity index (χ0v) is 12.1. The summed E-state index contributed by atoms with van der Waals surface area (Å²) < 4.78 is 1.68. The quantitative estimate of drug-likeness (QED) is 0.764. The topological polar surface area (TPSA) is 54.2 Å². The van der Waals surface area contributed by atoms with Crippen molar-refractivity contribution in [3.05, 3.63) is 52.7 Å². The van der Waals surface area contributed by atoms with E-state index in [1.54, 1.807) is 10.7 Å². The van der Waals surface area contributed by atoms with Gasteiger partial charge in [0, 0.05) is 18.4 Å². The van der Waals surface area contributed by atoms with Crippen LogP contribution in [0, 0.1) is 0 Å². The summed E-state index contributed by atoms with van der Waals surface area (Å²) in [5.41, 5.74) is 4.52. The number of hydrogen-bond donors (Lipinski definition) is 2. The summed E-state index contributed by atoms with van der Waals surface area (Å²) in [6.07, 6.45) is 2.76. The average molecular weight is 300 g/mol. The summed E-state index contributed by atoms with van der Waals surface area (Å²) in [4.78, 5) is 4.46. The Kier molecular flexibility index (Phi) is 3.02.